The highest BCUT2D eigenvalue weighted by atomic mass is 32.2. The number of nitrogen functional groups attached to an aromatic ring is 1. The Morgan fingerprint density at radius 3 is 2.77 bits per heavy atom. The van der Waals surface area contributed by atoms with Crippen LogP contribution in [-0.2, 0) is 6.54 Å². The Kier molecular flexibility index (Phi) is 4.12. The number of benzene rings is 1. The average molecular weight is 317 g/mol. The van der Waals surface area contributed by atoms with Gasteiger partial charge in [0.1, 0.15) is 10.5 Å². The summed E-state index contributed by atoms with van der Waals surface area (Å²) >= 11 is 1.33. The van der Waals surface area contributed by atoms with E-state index in [0.717, 1.165) is 5.56 Å². The lowest BCUT2D eigenvalue weighted by Crippen LogP contribution is -2.17. The molecule has 0 saturated carbocycles. The predicted molar refractivity (Wildman–Crippen MR) is 85.9 cm³/mol. The fraction of sp³-hybridized carbons (Fsp3) is 0.214. The number of hydrogen-bond acceptors (Lipinski definition) is 6. The van der Waals surface area contributed by atoms with Gasteiger partial charge in [-0.05, 0) is 5.56 Å². The maximum absolute atomic E-state index is 12.2. The van der Waals surface area contributed by atoms with Crippen LogP contribution in [0.15, 0.2) is 40.2 Å². The van der Waals surface area contributed by atoms with Crippen LogP contribution in [0.4, 0.5) is 5.95 Å². The average Bonchev–Trinajstić information content (AvgIpc) is 2.82. The maximum Gasteiger partial charge on any atom is 0.328 e. The second kappa shape index (κ2) is 6.20. The van der Waals surface area contributed by atoms with Crippen LogP contribution in [0, 0.1) is 0 Å². The number of imidazole rings is 1. The van der Waals surface area contributed by atoms with Gasteiger partial charge in [-0.15, -0.1) is 11.8 Å². The van der Waals surface area contributed by atoms with E-state index in [0.29, 0.717) is 28.5 Å². The highest BCUT2D eigenvalue weighted by Crippen LogP contribution is 2.23. The van der Waals surface area contributed by atoms with Crippen molar-refractivity contribution in [1.82, 2.24) is 19.5 Å². The van der Waals surface area contributed by atoms with Crippen molar-refractivity contribution >= 4 is 28.9 Å². The Balaban J connectivity index is 2.09. The van der Waals surface area contributed by atoms with Crippen LogP contribution in [0.25, 0.3) is 11.2 Å². The Labute approximate surface area is 130 Å². The van der Waals surface area contributed by atoms with Gasteiger partial charge in [-0.2, -0.15) is 4.98 Å². The van der Waals surface area contributed by atoms with Crippen LogP contribution in [0.2, 0.25) is 0 Å². The van der Waals surface area contributed by atoms with Crippen molar-refractivity contribution in [3.05, 3.63) is 46.4 Å². The molecule has 114 valence electrons. The van der Waals surface area contributed by atoms with Crippen LogP contribution >= 0.6 is 11.8 Å². The Morgan fingerprint density at radius 1 is 1.27 bits per heavy atom. The van der Waals surface area contributed by atoms with E-state index < -0.39 is 0 Å². The molecule has 0 unspecified atom stereocenters. The number of hydrogen-bond donors (Lipinski definition) is 3. The first-order chi connectivity index (χ1) is 10.7. The van der Waals surface area contributed by atoms with Crippen molar-refractivity contribution in [2.45, 2.75) is 11.6 Å². The van der Waals surface area contributed by atoms with Crippen LogP contribution < -0.4 is 11.4 Å². The molecule has 0 radical (unpaired) electrons. The largest absolute Gasteiger partial charge is 0.396 e. The first-order valence-corrected chi connectivity index (χ1v) is 7.71. The molecule has 0 fully saturated rings. The summed E-state index contributed by atoms with van der Waals surface area (Å²) in [6.45, 7) is 0.422. The molecule has 3 rings (SSSR count). The van der Waals surface area contributed by atoms with Gasteiger partial charge in [0.05, 0.1) is 13.2 Å². The zero-order chi connectivity index (χ0) is 15.5. The fourth-order valence-electron chi connectivity index (χ4n) is 2.18. The van der Waals surface area contributed by atoms with Crippen molar-refractivity contribution in [2.75, 3.05) is 18.1 Å². The molecule has 3 aromatic rings. The monoisotopic (exact) mass is 317 g/mol. The molecule has 0 saturated heterocycles. The summed E-state index contributed by atoms with van der Waals surface area (Å²) < 4.78 is 1.53. The topological polar surface area (TPSA) is 110 Å². The molecular weight excluding hydrogens is 302 g/mol. The zero-order valence-electron chi connectivity index (χ0n) is 11.7. The summed E-state index contributed by atoms with van der Waals surface area (Å²) in [5.41, 5.74) is 7.50. The van der Waals surface area contributed by atoms with Gasteiger partial charge < -0.3 is 15.8 Å². The van der Waals surface area contributed by atoms with Gasteiger partial charge in [-0.3, -0.25) is 4.57 Å². The number of aliphatic hydroxyl groups excluding tert-OH is 1. The summed E-state index contributed by atoms with van der Waals surface area (Å²) in [4.78, 5) is 23.3. The summed E-state index contributed by atoms with van der Waals surface area (Å²) in [6.07, 6.45) is 0. The third kappa shape index (κ3) is 2.83. The van der Waals surface area contributed by atoms with Gasteiger partial charge >= 0.3 is 5.69 Å². The number of rotatable bonds is 5. The molecule has 0 amide bonds. The van der Waals surface area contributed by atoms with E-state index >= 15 is 0 Å². The van der Waals surface area contributed by atoms with Crippen molar-refractivity contribution in [2.24, 2.45) is 0 Å². The number of aromatic amines is 1. The lowest BCUT2D eigenvalue weighted by atomic mass is 10.2. The third-order valence-electron chi connectivity index (χ3n) is 3.12. The molecule has 2 heterocycles. The van der Waals surface area contributed by atoms with Gasteiger partial charge in [0.25, 0.3) is 0 Å². The highest BCUT2D eigenvalue weighted by Gasteiger charge is 2.15. The number of nitrogens with one attached hydrogen (secondary N) is 1. The Morgan fingerprint density at radius 2 is 2.05 bits per heavy atom. The smallest absolute Gasteiger partial charge is 0.328 e. The first-order valence-electron chi connectivity index (χ1n) is 6.72. The van der Waals surface area contributed by atoms with E-state index in [1.54, 1.807) is 0 Å². The number of fused-ring (bicyclic) bond motifs is 1. The minimum absolute atomic E-state index is 0.0189. The van der Waals surface area contributed by atoms with Gasteiger partial charge in [-0.25, -0.2) is 9.78 Å². The molecule has 0 atom stereocenters. The van der Waals surface area contributed by atoms with E-state index in [1.807, 2.05) is 30.3 Å². The van der Waals surface area contributed by atoms with Gasteiger partial charge in [-0.1, -0.05) is 30.3 Å². The Hall–Kier alpha value is -2.32. The Bertz CT molecular complexity index is 844. The number of nitrogens with two attached hydrogens (primary N) is 1. The second-order valence-electron chi connectivity index (χ2n) is 4.66. The molecule has 8 heteroatoms. The van der Waals surface area contributed by atoms with E-state index in [9.17, 15) is 4.79 Å². The standard InChI is InChI=1S/C14H15N5O2S/c15-13-17-11-10(12(18-13)22-7-6-20)16-14(21)19(11)8-9-4-2-1-3-5-9/h1-5,20H,6-8H2,(H,16,21)(H2,15,17,18). The molecule has 1 aromatic carbocycles. The van der Waals surface area contributed by atoms with Crippen LogP contribution in [0.1, 0.15) is 5.56 Å². The third-order valence-corrected chi connectivity index (χ3v) is 4.08. The molecule has 7 nitrogen and oxygen atoms in total. The van der Waals surface area contributed by atoms with Crippen molar-refractivity contribution < 1.29 is 5.11 Å². The highest BCUT2D eigenvalue weighted by molar-refractivity contribution is 7.99. The summed E-state index contributed by atoms with van der Waals surface area (Å²) in [6, 6.07) is 9.64. The molecule has 0 aliphatic rings. The number of thioether (sulfide) groups is 1. The molecule has 4 N–H and O–H groups in total. The lowest BCUT2D eigenvalue weighted by molar-refractivity contribution is 0.322. The maximum atomic E-state index is 12.2. The molecule has 2 aromatic heterocycles. The van der Waals surface area contributed by atoms with Crippen molar-refractivity contribution in [1.29, 1.82) is 0 Å². The summed E-state index contributed by atoms with van der Waals surface area (Å²) in [7, 11) is 0. The number of aliphatic hydroxyl groups is 1. The molecular formula is C14H15N5O2S. The molecule has 0 bridgehead atoms. The van der Waals surface area contributed by atoms with Crippen LogP contribution in [-0.4, -0.2) is 37.0 Å². The number of nitrogens with zero attached hydrogens (tertiary/aromatic N) is 3. The van der Waals surface area contributed by atoms with Crippen LogP contribution in [0.5, 0.6) is 0 Å². The summed E-state index contributed by atoms with van der Waals surface area (Å²) in [5, 5.41) is 9.52. The normalized spacial score (nSPS) is 11.1. The van der Waals surface area contributed by atoms with Crippen LogP contribution in [0.3, 0.4) is 0 Å². The van der Waals surface area contributed by atoms with Crippen molar-refractivity contribution in [3.8, 4) is 0 Å². The number of H-pyrrole nitrogens is 1. The molecule has 22 heavy (non-hydrogen) atoms. The first kappa shape index (κ1) is 14.6. The van der Waals surface area contributed by atoms with E-state index in [-0.39, 0.29) is 18.2 Å². The number of aromatic nitrogens is 4. The van der Waals surface area contributed by atoms with Crippen molar-refractivity contribution in [3.63, 3.8) is 0 Å². The quantitative estimate of drug-likeness (QED) is 0.475. The zero-order valence-corrected chi connectivity index (χ0v) is 12.5. The van der Waals surface area contributed by atoms with Gasteiger partial charge in [0.2, 0.25) is 5.95 Å². The van der Waals surface area contributed by atoms with Gasteiger partial charge in [0, 0.05) is 5.75 Å². The fourth-order valence-corrected chi connectivity index (χ4v) is 2.91. The van der Waals surface area contributed by atoms with Gasteiger partial charge in [0.15, 0.2) is 5.65 Å². The van der Waals surface area contributed by atoms with E-state index in [2.05, 4.69) is 15.0 Å². The second-order valence-corrected chi connectivity index (χ2v) is 5.74. The SMILES string of the molecule is Nc1nc(SCCO)c2[nH]c(=O)n(Cc3ccccc3)c2n1. The molecule has 0 aliphatic carbocycles. The predicted octanol–water partition coefficient (Wildman–Crippen LogP) is 0.834. The summed E-state index contributed by atoms with van der Waals surface area (Å²) in [5.74, 6) is 0.575. The van der Waals surface area contributed by atoms with E-state index in [4.69, 9.17) is 10.8 Å². The minimum Gasteiger partial charge on any atom is -0.396 e. The molecule has 0 aliphatic heterocycles. The minimum atomic E-state index is -0.260. The number of anilines is 1. The molecule has 0 spiro atoms. The lowest BCUT2D eigenvalue weighted by Gasteiger charge is -2.05. The van der Waals surface area contributed by atoms with E-state index in [1.165, 1.54) is 16.3 Å².